The van der Waals surface area contributed by atoms with E-state index in [0.29, 0.717) is 20.8 Å². The SMILES string of the molecule is CCN1C(=O)/C(=C/c2cnn(-c3ccc(Cl)cc3)c2)SC1=S. The Balaban J connectivity index is 1.86. The van der Waals surface area contributed by atoms with Crippen molar-refractivity contribution in [2.75, 3.05) is 6.54 Å². The number of likely N-dealkylation sites (N-methyl/N-ethyl adjacent to an activating group) is 1. The van der Waals surface area contributed by atoms with Crippen molar-refractivity contribution in [1.29, 1.82) is 0 Å². The van der Waals surface area contributed by atoms with E-state index in [1.165, 1.54) is 11.8 Å². The van der Waals surface area contributed by atoms with Gasteiger partial charge in [0.15, 0.2) is 0 Å². The maximum Gasteiger partial charge on any atom is 0.266 e. The van der Waals surface area contributed by atoms with E-state index in [4.69, 9.17) is 23.8 Å². The van der Waals surface area contributed by atoms with Crippen molar-refractivity contribution in [3.05, 3.63) is 52.2 Å². The summed E-state index contributed by atoms with van der Waals surface area (Å²) in [5.41, 5.74) is 1.76. The van der Waals surface area contributed by atoms with Crippen LogP contribution in [-0.2, 0) is 4.79 Å². The molecule has 1 aliphatic rings. The molecule has 112 valence electrons. The van der Waals surface area contributed by atoms with Crippen molar-refractivity contribution in [2.24, 2.45) is 0 Å². The second-order valence-electron chi connectivity index (χ2n) is 4.62. The van der Waals surface area contributed by atoms with Crippen LogP contribution in [0.3, 0.4) is 0 Å². The lowest BCUT2D eigenvalue weighted by atomic mass is 10.3. The van der Waals surface area contributed by atoms with Gasteiger partial charge < -0.3 is 0 Å². The smallest absolute Gasteiger partial charge is 0.266 e. The molecule has 0 N–H and O–H groups in total. The third-order valence-electron chi connectivity index (χ3n) is 3.18. The Bertz CT molecular complexity index is 767. The first kappa shape index (κ1) is 15.3. The molecule has 1 aromatic heterocycles. The van der Waals surface area contributed by atoms with E-state index in [0.717, 1.165) is 11.3 Å². The molecule has 0 spiro atoms. The van der Waals surface area contributed by atoms with Gasteiger partial charge in [-0.05, 0) is 37.3 Å². The minimum atomic E-state index is -0.0447. The molecule has 0 saturated carbocycles. The predicted molar refractivity (Wildman–Crippen MR) is 94.1 cm³/mol. The third-order valence-corrected chi connectivity index (χ3v) is 4.81. The van der Waals surface area contributed by atoms with Gasteiger partial charge in [0, 0.05) is 23.3 Å². The van der Waals surface area contributed by atoms with Crippen LogP contribution in [-0.4, -0.2) is 31.5 Å². The first-order chi connectivity index (χ1) is 10.6. The fourth-order valence-electron chi connectivity index (χ4n) is 2.07. The minimum Gasteiger partial charge on any atom is -0.293 e. The number of halogens is 1. The summed E-state index contributed by atoms with van der Waals surface area (Å²) in [5, 5.41) is 4.98. The topological polar surface area (TPSA) is 38.1 Å². The number of thiocarbonyl (C=S) groups is 1. The number of carbonyl (C=O) groups excluding carboxylic acids is 1. The molecule has 1 fully saturated rings. The van der Waals surface area contributed by atoms with Crippen LogP contribution < -0.4 is 0 Å². The lowest BCUT2D eigenvalue weighted by Crippen LogP contribution is -2.27. The van der Waals surface area contributed by atoms with Gasteiger partial charge in [-0.3, -0.25) is 9.69 Å². The Hall–Kier alpha value is -1.63. The maximum atomic E-state index is 12.2. The Morgan fingerprint density at radius 2 is 2.09 bits per heavy atom. The average molecular weight is 350 g/mol. The number of amides is 1. The van der Waals surface area contributed by atoms with E-state index in [2.05, 4.69) is 5.10 Å². The molecule has 7 heteroatoms. The lowest BCUT2D eigenvalue weighted by Gasteiger charge is -2.09. The average Bonchev–Trinajstić information content (AvgIpc) is 3.06. The van der Waals surface area contributed by atoms with E-state index in [9.17, 15) is 4.79 Å². The zero-order valence-corrected chi connectivity index (χ0v) is 14.1. The Labute approximate surface area is 142 Å². The number of rotatable bonds is 3. The van der Waals surface area contributed by atoms with Gasteiger partial charge in [-0.2, -0.15) is 5.10 Å². The van der Waals surface area contributed by atoms with Gasteiger partial charge >= 0.3 is 0 Å². The molecule has 1 aromatic carbocycles. The molecule has 2 heterocycles. The number of nitrogens with zero attached hydrogens (tertiary/aromatic N) is 3. The van der Waals surface area contributed by atoms with Crippen LogP contribution in [0.15, 0.2) is 41.6 Å². The number of thioether (sulfide) groups is 1. The zero-order chi connectivity index (χ0) is 15.7. The van der Waals surface area contributed by atoms with Crippen LogP contribution in [0.1, 0.15) is 12.5 Å². The molecule has 1 amide bonds. The highest BCUT2D eigenvalue weighted by atomic mass is 35.5. The summed E-state index contributed by atoms with van der Waals surface area (Å²) in [6.07, 6.45) is 5.39. The number of carbonyl (C=O) groups is 1. The lowest BCUT2D eigenvalue weighted by molar-refractivity contribution is -0.121. The predicted octanol–water partition coefficient (Wildman–Crippen LogP) is 3.75. The van der Waals surface area contributed by atoms with Gasteiger partial charge in [-0.15, -0.1) is 0 Å². The van der Waals surface area contributed by atoms with Crippen LogP contribution in [0.25, 0.3) is 11.8 Å². The van der Waals surface area contributed by atoms with Gasteiger partial charge in [-0.1, -0.05) is 35.6 Å². The van der Waals surface area contributed by atoms with Crippen molar-refractivity contribution in [2.45, 2.75) is 6.92 Å². The van der Waals surface area contributed by atoms with Gasteiger partial charge in [-0.25, -0.2) is 4.68 Å². The summed E-state index contributed by atoms with van der Waals surface area (Å²) in [7, 11) is 0. The molecule has 0 aliphatic carbocycles. The summed E-state index contributed by atoms with van der Waals surface area (Å²) in [6.45, 7) is 2.50. The van der Waals surface area contributed by atoms with Gasteiger partial charge in [0.05, 0.1) is 16.8 Å². The van der Waals surface area contributed by atoms with E-state index >= 15 is 0 Å². The molecule has 1 aliphatic heterocycles. The molecular formula is C15H12ClN3OS2. The summed E-state index contributed by atoms with van der Waals surface area (Å²) < 4.78 is 2.34. The second kappa shape index (κ2) is 6.24. The molecule has 22 heavy (non-hydrogen) atoms. The van der Waals surface area contributed by atoms with Crippen LogP contribution in [0.4, 0.5) is 0 Å². The van der Waals surface area contributed by atoms with Crippen LogP contribution in [0, 0.1) is 0 Å². The molecule has 2 aromatic rings. The molecule has 0 bridgehead atoms. The fourth-order valence-corrected chi connectivity index (χ4v) is 3.58. The van der Waals surface area contributed by atoms with Crippen molar-refractivity contribution < 1.29 is 4.79 Å². The van der Waals surface area contributed by atoms with Gasteiger partial charge in [0.25, 0.3) is 5.91 Å². The highest BCUT2D eigenvalue weighted by Crippen LogP contribution is 2.32. The standard InChI is InChI=1S/C15H12ClN3OS2/c1-2-18-14(20)13(22-15(18)21)7-10-8-17-19(9-10)12-5-3-11(16)4-6-12/h3-9H,2H2,1H3/b13-7-. The fraction of sp³-hybridized carbons (Fsp3) is 0.133. The molecule has 0 atom stereocenters. The number of hydrogen-bond acceptors (Lipinski definition) is 4. The number of aromatic nitrogens is 2. The van der Waals surface area contributed by atoms with E-state index < -0.39 is 0 Å². The van der Waals surface area contributed by atoms with Crippen LogP contribution in [0.2, 0.25) is 5.02 Å². The third kappa shape index (κ3) is 2.95. The van der Waals surface area contributed by atoms with Crippen molar-refractivity contribution in [3.63, 3.8) is 0 Å². The molecule has 3 rings (SSSR count). The molecule has 0 unspecified atom stereocenters. The number of benzene rings is 1. The monoisotopic (exact) mass is 349 g/mol. The first-order valence-electron chi connectivity index (χ1n) is 6.64. The van der Waals surface area contributed by atoms with Crippen molar-refractivity contribution >= 4 is 51.9 Å². The second-order valence-corrected chi connectivity index (χ2v) is 6.73. The minimum absolute atomic E-state index is 0.0447. The Kier molecular flexibility index (Phi) is 4.33. The van der Waals surface area contributed by atoms with E-state index in [-0.39, 0.29) is 5.91 Å². The zero-order valence-electron chi connectivity index (χ0n) is 11.7. The largest absolute Gasteiger partial charge is 0.293 e. The highest BCUT2D eigenvalue weighted by Gasteiger charge is 2.30. The Morgan fingerprint density at radius 1 is 1.36 bits per heavy atom. The van der Waals surface area contributed by atoms with E-state index in [1.54, 1.807) is 15.8 Å². The van der Waals surface area contributed by atoms with Crippen LogP contribution in [0.5, 0.6) is 0 Å². The number of hydrogen-bond donors (Lipinski definition) is 0. The van der Waals surface area contributed by atoms with Crippen molar-refractivity contribution in [1.82, 2.24) is 14.7 Å². The summed E-state index contributed by atoms with van der Waals surface area (Å²) in [6, 6.07) is 7.39. The van der Waals surface area contributed by atoms with Gasteiger partial charge in [0.1, 0.15) is 4.32 Å². The molecule has 1 saturated heterocycles. The van der Waals surface area contributed by atoms with Crippen LogP contribution >= 0.6 is 35.6 Å². The maximum absolute atomic E-state index is 12.2. The molecule has 0 radical (unpaired) electrons. The van der Waals surface area contributed by atoms with Gasteiger partial charge in [0.2, 0.25) is 0 Å². The quantitative estimate of drug-likeness (QED) is 0.625. The highest BCUT2D eigenvalue weighted by molar-refractivity contribution is 8.26. The first-order valence-corrected chi connectivity index (χ1v) is 8.24. The molecule has 4 nitrogen and oxygen atoms in total. The summed E-state index contributed by atoms with van der Waals surface area (Å²) in [4.78, 5) is 14.4. The molecular weight excluding hydrogens is 338 g/mol. The Morgan fingerprint density at radius 3 is 2.73 bits per heavy atom. The summed E-state index contributed by atoms with van der Waals surface area (Å²) in [5.74, 6) is -0.0447. The van der Waals surface area contributed by atoms with E-state index in [1.807, 2.05) is 43.5 Å². The normalized spacial score (nSPS) is 16.8. The summed E-state index contributed by atoms with van der Waals surface area (Å²) >= 11 is 12.4. The van der Waals surface area contributed by atoms with Crippen molar-refractivity contribution in [3.8, 4) is 5.69 Å².